The van der Waals surface area contributed by atoms with Gasteiger partial charge in [0.25, 0.3) is 10.0 Å². The van der Waals surface area contributed by atoms with Crippen LogP contribution in [0.5, 0.6) is 0 Å². The molecule has 0 aromatic heterocycles. The average molecular weight is 314 g/mol. The number of benzene rings is 2. The van der Waals surface area contributed by atoms with E-state index in [1.165, 1.54) is 12.1 Å². The van der Waals surface area contributed by atoms with Crippen LogP contribution >= 0.6 is 11.6 Å². The standard InChI is InChI=1S/C14H13ClFNO2S/c1-9-8-11(16)6-7-14(9)20(18,19)17-13-5-3-4-12(15)10(13)2/h3-8,17H,1-2H3. The Labute approximate surface area is 122 Å². The van der Waals surface area contributed by atoms with E-state index in [9.17, 15) is 12.8 Å². The van der Waals surface area contributed by atoms with Crippen LogP contribution in [0.15, 0.2) is 41.3 Å². The molecule has 0 bridgehead atoms. The lowest BCUT2D eigenvalue weighted by atomic mass is 10.2. The second kappa shape index (κ2) is 5.42. The minimum absolute atomic E-state index is 0.0401. The number of aryl methyl sites for hydroxylation is 1. The molecule has 0 saturated heterocycles. The molecule has 20 heavy (non-hydrogen) atoms. The van der Waals surface area contributed by atoms with Gasteiger partial charge < -0.3 is 0 Å². The molecule has 2 aromatic rings. The molecule has 2 rings (SSSR count). The number of hydrogen-bond donors (Lipinski definition) is 1. The van der Waals surface area contributed by atoms with Crippen LogP contribution in [-0.4, -0.2) is 8.42 Å². The van der Waals surface area contributed by atoms with Crippen molar-refractivity contribution < 1.29 is 12.8 Å². The summed E-state index contributed by atoms with van der Waals surface area (Å²) in [7, 11) is -3.78. The zero-order chi connectivity index (χ0) is 14.9. The molecule has 3 nitrogen and oxygen atoms in total. The van der Waals surface area contributed by atoms with Crippen molar-refractivity contribution in [2.24, 2.45) is 0 Å². The molecule has 2 aromatic carbocycles. The zero-order valence-corrected chi connectivity index (χ0v) is 12.5. The molecule has 0 spiro atoms. The lowest BCUT2D eigenvalue weighted by Gasteiger charge is -2.13. The number of anilines is 1. The van der Waals surface area contributed by atoms with Crippen molar-refractivity contribution in [3.8, 4) is 0 Å². The summed E-state index contributed by atoms with van der Waals surface area (Å²) in [6.07, 6.45) is 0. The minimum Gasteiger partial charge on any atom is -0.279 e. The van der Waals surface area contributed by atoms with Gasteiger partial charge in [-0.15, -0.1) is 0 Å². The number of nitrogens with one attached hydrogen (secondary N) is 1. The van der Waals surface area contributed by atoms with Crippen molar-refractivity contribution >= 4 is 27.3 Å². The molecule has 0 fully saturated rings. The Morgan fingerprint density at radius 3 is 2.50 bits per heavy atom. The van der Waals surface area contributed by atoms with Crippen LogP contribution in [0.4, 0.5) is 10.1 Å². The van der Waals surface area contributed by atoms with Crippen molar-refractivity contribution in [1.29, 1.82) is 0 Å². The third-order valence-corrected chi connectivity index (χ3v) is 4.87. The maximum atomic E-state index is 13.0. The SMILES string of the molecule is Cc1cc(F)ccc1S(=O)(=O)Nc1cccc(Cl)c1C. The molecule has 0 aliphatic heterocycles. The molecule has 0 unspecified atom stereocenters. The third kappa shape index (κ3) is 2.94. The summed E-state index contributed by atoms with van der Waals surface area (Å²) in [6, 6.07) is 8.50. The van der Waals surface area contributed by atoms with E-state index in [2.05, 4.69) is 4.72 Å². The van der Waals surface area contributed by atoms with E-state index in [1.807, 2.05) is 0 Å². The summed E-state index contributed by atoms with van der Waals surface area (Å²) in [5, 5.41) is 0.473. The molecular formula is C14H13ClFNO2S. The molecule has 0 amide bonds. The van der Waals surface area contributed by atoms with Gasteiger partial charge in [-0.1, -0.05) is 17.7 Å². The van der Waals surface area contributed by atoms with Crippen LogP contribution in [0, 0.1) is 19.7 Å². The quantitative estimate of drug-likeness (QED) is 0.934. The smallest absolute Gasteiger partial charge is 0.262 e. The summed E-state index contributed by atoms with van der Waals surface area (Å²) in [4.78, 5) is 0.0401. The fourth-order valence-corrected chi connectivity index (χ4v) is 3.36. The number of hydrogen-bond acceptors (Lipinski definition) is 2. The van der Waals surface area contributed by atoms with Gasteiger partial charge in [-0.2, -0.15) is 0 Å². The largest absolute Gasteiger partial charge is 0.279 e. The summed E-state index contributed by atoms with van der Waals surface area (Å²) >= 11 is 5.96. The highest BCUT2D eigenvalue weighted by molar-refractivity contribution is 7.92. The van der Waals surface area contributed by atoms with Crippen molar-refractivity contribution in [2.75, 3.05) is 4.72 Å². The minimum atomic E-state index is -3.78. The second-order valence-electron chi connectivity index (χ2n) is 4.43. The lowest BCUT2D eigenvalue weighted by Crippen LogP contribution is -2.15. The first-order chi connectivity index (χ1) is 9.31. The summed E-state index contributed by atoms with van der Waals surface area (Å²) in [6.45, 7) is 3.26. The number of halogens is 2. The van der Waals surface area contributed by atoms with Gasteiger partial charge in [-0.05, 0) is 55.3 Å². The Morgan fingerprint density at radius 2 is 1.85 bits per heavy atom. The second-order valence-corrected chi connectivity index (χ2v) is 6.49. The summed E-state index contributed by atoms with van der Waals surface area (Å²) in [5.41, 5.74) is 1.39. The van der Waals surface area contributed by atoms with E-state index in [-0.39, 0.29) is 4.90 Å². The fourth-order valence-electron chi connectivity index (χ4n) is 1.83. The monoisotopic (exact) mass is 313 g/mol. The highest BCUT2D eigenvalue weighted by Gasteiger charge is 2.18. The number of sulfonamides is 1. The van der Waals surface area contributed by atoms with Crippen LogP contribution in [0.3, 0.4) is 0 Å². The van der Waals surface area contributed by atoms with Crippen molar-refractivity contribution in [3.63, 3.8) is 0 Å². The average Bonchev–Trinajstić information content (AvgIpc) is 2.34. The van der Waals surface area contributed by atoms with Gasteiger partial charge in [0.15, 0.2) is 0 Å². The maximum Gasteiger partial charge on any atom is 0.262 e. The molecule has 0 saturated carbocycles. The van der Waals surface area contributed by atoms with Gasteiger partial charge >= 0.3 is 0 Å². The fraction of sp³-hybridized carbons (Fsp3) is 0.143. The van der Waals surface area contributed by atoms with E-state index in [0.29, 0.717) is 21.8 Å². The lowest BCUT2D eigenvalue weighted by molar-refractivity contribution is 0.598. The first-order valence-corrected chi connectivity index (χ1v) is 7.71. The van der Waals surface area contributed by atoms with Crippen molar-refractivity contribution in [1.82, 2.24) is 0 Å². The molecule has 106 valence electrons. The van der Waals surface area contributed by atoms with Crippen LogP contribution in [0.25, 0.3) is 0 Å². The number of rotatable bonds is 3. The Hall–Kier alpha value is -1.59. The predicted octanol–water partition coefficient (Wildman–Crippen LogP) is 3.90. The van der Waals surface area contributed by atoms with Crippen LogP contribution < -0.4 is 4.72 Å². The van der Waals surface area contributed by atoms with Crippen LogP contribution in [0.1, 0.15) is 11.1 Å². The van der Waals surface area contributed by atoms with Gasteiger partial charge in [0.05, 0.1) is 10.6 Å². The third-order valence-electron chi connectivity index (χ3n) is 2.94. The van der Waals surface area contributed by atoms with E-state index in [4.69, 9.17) is 11.6 Å². The van der Waals surface area contributed by atoms with Gasteiger partial charge in [-0.25, -0.2) is 12.8 Å². The predicted molar refractivity (Wildman–Crippen MR) is 78.1 cm³/mol. The Balaban J connectivity index is 2.44. The zero-order valence-electron chi connectivity index (χ0n) is 10.9. The van der Waals surface area contributed by atoms with E-state index in [0.717, 1.165) is 6.07 Å². The van der Waals surface area contributed by atoms with Gasteiger partial charge in [0.2, 0.25) is 0 Å². The van der Waals surface area contributed by atoms with E-state index in [1.54, 1.807) is 32.0 Å². The maximum absolute atomic E-state index is 13.0. The molecule has 0 heterocycles. The first-order valence-electron chi connectivity index (χ1n) is 5.85. The van der Waals surface area contributed by atoms with Gasteiger partial charge in [0.1, 0.15) is 5.82 Å². The van der Waals surface area contributed by atoms with E-state index >= 15 is 0 Å². The van der Waals surface area contributed by atoms with Gasteiger partial charge in [0, 0.05) is 5.02 Å². The Morgan fingerprint density at radius 1 is 1.15 bits per heavy atom. The van der Waals surface area contributed by atoms with E-state index < -0.39 is 15.8 Å². The summed E-state index contributed by atoms with van der Waals surface area (Å²) in [5.74, 6) is -0.472. The summed E-state index contributed by atoms with van der Waals surface area (Å²) < 4.78 is 40.2. The molecule has 6 heteroatoms. The molecule has 0 aliphatic carbocycles. The molecule has 0 atom stereocenters. The normalized spacial score (nSPS) is 11.4. The highest BCUT2D eigenvalue weighted by Crippen LogP contribution is 2.26. The van der Waals surface area contributed by atoms with Crippen molar-refractivity contribution in [2.45, 2.75) is 18.7 Å². The topological polar surface area (TPSA) is 46.2 Å². The highest BCUT2D eigenvalue weighted by atomic mass is 35.5. The van der Waals surface area contributed by atoms with Crippen LogP contribution in [0.2, 0.25) is 5.02 Å². The Bertz CT molecular complexity index is 760. The van der Waals surface area contributed by atoms with Crippen molar-refractivity contribution in [3.05, 3.63) is 58.4 Å². The molecular weight excluding hydrogens is 301 g/mol. The first kappa shape index (κ1) is 14.8. The van der Waals surface area contributed by atoms with Crippen LogP contribution in [-0.2, 0) is 10.0 Å². The molecule has 1 N–H and O–H groups in total. The Kier molecular flexibility index (Phi) is 4.01. The molecule has 0 radical (unpaired) electrons. The van der Waals surface area contributed by atoms with Gasteiger partial charge in [-0.3, -0.25) is 4.72 Å². The molecule has 0 aliphatic rings.